The average Bonchev–Trinajstić information content (AvgIpc) is 2.53. The quantitative estimate of drug-likeness (QED) is 0.603. The van der Waals surface area contributed by atoms with E-state index in [1.807, 2.05) is 30.3 Å². The molecule has 0 fully saturated rings. The van der Waals surface area contributed by atoms with Gasteiger partial charge in [-0.05, 0) is 29.8 Å². The zero-order valence-electron chi connectivity index (χ0n) is 11.5. The number of para-hydroxylation sites is 1. The smallest absolute Gasteiger partial charge is 0.338 e. The lowest BCUT2D eigenvalue weighted by Crippen LogP contribution is -2.12. The third kappa shape index (κ3) is 4.66. The first-order valence-corrected chi connectivity index (χ1v) is 6.60. The Morgan fingerprint density at radius 3 is 2.38 bits per heavy atom. The van der Waals surface area contributed by atoms with E-state index in [9.17, 15) is 4.79 Å². The van der Waals surface area contributed by atoms with Gasteiger partial charge in [-0.25, -0.2) is 4.79 Å². The molecule has 0 aliphatic carbocycles. The van der Waals surface area contributed by atoms with Gasteiger partial charge in [0.15, 0.2) is 0 Å². The summed E-state index contributed by atoms with van der Waals surface area (Å²) in [6.07, 6.45) is 0.334. The second-order valence-corrected chi connectivity index (χ2v) is 4.33. The molecule has 0 aliphatic rings. The van der Waals surface area contributed by atoms with Crippen molar-refractivity contribution in [3.63, 3.8) is 0 Å². The summed E-state index contributed by atoms with van der Waals surface area (Å²) in [6, 6.07) is 18.2. The highest BCUT2D eigenvalue weighted by Crippen LogP contribution is 2.09. The molecule has 0 amide bonds. The van der Waals surface area contributed by atoms with Gasteiger partial charge in [0.25, 0.3) is 0 Å². The lowest BCUT2D eigenvalue weighted by Gasteiger charge is -2.07. The maximum absolute atomic E-state index is 11.8. The van der Waals surface area contributed by atoms with Crippen molar-refractivity contribution in [3.8, 4) is 11.8 Å². The molecule has 0 radical (unpaired) electrons. The Balaban J connectivity index is 1.75. The van der Waals surface area contributed by atoms with Crippen molar-refractivity contribution in [2.24, 2.45) is 0 Å². The van der Waals surface area contributed by atoms with Gasteiger partial charge in [-0.1, -0.05) is 30.3 Å². The molecule has 0 atom stereocenters. The molecule has 2 rings (SSSR count). The fourth-order valence-electron chi connectivity index (χ4n) is 1.74. The first-order chi connectivity index (χ1) is 10.3. The molecule has 0 bridgehead atoms. The third-order valence-corrected chi connectivity index (χ3v) is 2.80. The molecule has 0 aliphatic heterocycles. The summed E-state index contributed by atoms with van der Waals surface area (Å²) in [7, 11) is 0. The first-order valence-electron chi connectivity index (χ1n) is 6.60. The predicted octanol–water partition coefficient (Wildman–Crippen LogP) is 2.99. The Morgan fingerprint density at radius 1 is 1.00 bits per heavy atom. The fourth-order valence-corrected chi connectivity index (χ4v) is 1.74. The van der Waals surface area contributed by atoms with Crippen LogP contribution >= 0.6 is 0 Å². The van der Waals surface area contributed by atoms with Gasteiger partial charge in [0.2, 0.25) is 0 Å². The summed E-state index contributed by atoms with van der Waals surface area (Å²) >= 11 is 0. The van der Waals surface area contributed by atoms with Crippen molar-refractivity contribution >= 4 is 5.97 Å². The van der Waals surface area contributed by atoms with Crippen LogP contribution in [-0.4, -0.2) is 19.2 Å². The first kappa shape index (κ1) is 14.6. The summed E-state index contributed by atoms with van der Waals surface area (Å²) in [6.45, 7) is 0.496. The predicted molar refractivity (Wildman–Crippen MR) is 78.0 cm³/mol. The number of hydrogen-bond acceptors (Lipinski definition) is 4. The molecule has 0 saturated carbocycles. The average molecular weight is 281 g/mol. The molecule has 0 spiro atoms. The van der Waals surface area contributed by atoms with Crippen molar-refractivity contribution in [1.29, 1.82) is 5.26 Å². The summed E-state index contributed by atoms with van der Waals surface area (Å²) in [5.74, 6) is 0.351. The van der Waals surface area contributed by atoms with E-state index in [2.05, 4.69) is 6.07 Å². The number of hydrogen-bond donors (Lipinski definition) is 0. The Bertz CT molecular complexity index is 615. The summed E-state index contributed by atoms with van der Waals surface area (Å²) in [5.41, 5.74) is 1.35. The highest BCUT2D eigenvalue weighted by molar-refractivity contribution is 5.89. The van der Waals surface area contributed by atoms with Crippen molar-refractivity contribution in [3.05, 3.63) is 65.7 Å². The van der Waals surface area contributed by atoms with Crippen LogP contribution in [0.5, 0.6) is 5.75 Å². The van der Waals surface area contributed by atoms with Gasteiger partial charge in [-0.2, -0.15) is 5.26 Å². The second-order valence-electron chi connectivity index (χ2n) is 4.33. The molecule has 2 aromatic carbocycles. The monoisotopic (exact) mass is 281 g/mol. The van der Waals surface area contributed by atoms with E-state index in [4.69, 9.17) is 14.7 Å². The standard InChI is InChI=1S/C17H15NO3/c18-11-10-14-6-8-15(9-7-14)17(19)21-13-12-20-16-4-2-1-3-5-16/h1-9H,10,12-13H2. The number of carbonyl (C=O) groups excluding carboxylic acids is 1. The van der Waals surface area contributed by atoms with E-state index < -0.39 is 5.97 Å². The van der Waals surface area contributed by atoms with Crippen molar-refractivity contribution in [2.75, 3.05) is 13.2 Å². The van der Waals surface area contributed by atoms with Crippen LogP contribution < -0.4 is 4.74 Å². The van der Waals surface area contributed by atoms with E-state index in [1.54, 1.807) is 24.3 Å². The van der Waals surface area contributed by atoms with E-state index >= 15 is 0 Å². The molecule has 21 heavy (non-hydrogen) atoms. The maximum Gasteiger partial charge on any atom is 0.338 e. The van der Waals surface area contributed by atoms with Gasteiger partial charge in [0.1, 0.15) is 19.0 Å². The van der Waals surface area contributed by atoms with E-state index in [0.717, 1.165) is 11.3 Å². The van der Waals surface area contributed by atoms with Gasteiger partial charge in [-0.3, -0.25) is 0 Å². The lowest BCUT2D eigenvalue weighted by molar-refractivity contribution is 0.0450. The number of esters is 1. The van der Waals surface area contributed by atoms with Crippen LogP contribution in [-0.2, 0) is 11.2 Å². The topological polar surface area (TPSA) is 59.3 Å². The number of rotatable bonds is 6. The highest BCUT2D eigenvalue weighted by atomic mass is 16.6. The number of ether oxygens (including phenoxy) is 2. The Labute approximate surface area is 123 Å². The molecule has 4 heteroatoms. The molecule has 2 aromatic rings. The van der Waals surface area contributed by atoms with Crippen molar-refractivity contribution in [1.82, 2.24) is 0 Å². The van der Waals surface area contributed by atoms with Crippen LogP contribution in [0, 0.1) is 11.3 Å². The molecule has 0 saturated heterocycles. The molecule has 0 heterocycles. The van der Waals surface area contributed by atoms with Gasteiger partial charge >= 0.3 is 5.97 Å². The van der Waals surface area contributed by atoms with E-state index in [1.165, 1.54) is 0 Å². The van der Waals surface area contributed by atoms with Crippen LogP contribution in [0.25, 0.3) is 0 Å². The van der Waals surface area contributed by atoms with Crippen molar-refractivity contribution < 1.29 is 14.3 Å². The SMILES string of the molecule is N#CCc1ccc(C(=O)OCCOc2ccccc2)cc1. The minimum absolute atomic E-state index is 0.188. The zero-order valence-corrected chi connectivity index (χ0v) is 11.5. The zero-order chi connectivity index (χ0) is 14.9. The summed E-state index contributed by atoms with van der Waals surface area (Å²) in [5, 5.41) is 8.58. The van der Waals surface area contributed by atoms with Crippen LogP contribution in [0.4, 0.5) is 0 Å². The number of nitrogens with zero attached hydrogens (tertiary/aromatic N) is 1. The van der Waals surface area contributed by atoms with Gasteiger partial charge in [0, 0.05) is 0 Å². The van der Waals surface area contributed by atoms with Gasteiger partial charge in [-0.15, -0.1) is 0 Å². The summed E-state index contributed by atoms with van der Waals surface area (Å²) < 4.78 is 10.6. The Morgan fingerprint density at radius 2 is 1.71 bits per heavy atom. The third-order valence-electron chi connectivity index (χ3n) is 2.80. The van der Waals surface area contributed by atoms with Gasteiger partial charge in [0.05, 0.1) is 18.1 Å². The number of nitriles is 1. The van der Waals surface area contributed by atoms with Crippen molar-refractivity contribution in [2.45, 2.75) is 6.42 Å². The number of carbonyl (C=O) groups is 1. The minimum Gasteiger partial charge on any atom is -0.490 e. The molecule has 0 aromatic heterocycles. The molecular formula is C17H15NO3. The van der Waals surface area contributed by atoms with E-state index in [-0.39, 0.29) is 6.61 Å². The number of benzene rings is 2. The highest BCUT2D eigenvalue weighted by Gasteiger charge is 2.06. The van der Waals surface area contributed by atoms with Crippen LogP contribution in [0.1, 0.15) is 15.9 Å². The maximum atomic E-state index is 11.8. The largest absolute Gasteiger partial charge is 0.490 e. The second kappa shape index (κ2) is 7.71. The molecule has 0 N–H and O–H groups in total. The van der Waals surface area contributed by atoms with Crippen LogP contribution in [0.3, 0.4) is 0 Å². The molecule has 4 nitrogen and oxygen atoms in total. The Hall–Kier alpha value is -2.80. The van der Waals surface area contributed by atoms with Crippen LogP contribution in [0.2, 0.25) is 0 Å². The van der Waals surface area contributed by atoms with Gasteiger partial charge < -0.3 is 9.47 Å². The van der Waals surface area contributed by atoms with Crippen LogP contribution in [0.15, 0.2) is 54.6 Å². The molecular weight excluding hydrogens is 266 g/mol. The molecule has 0 unspecified atom stereocenters. The normalized spacial score (nSPS) is 9.67. The fraction of sp³-hybridized carbons (Fsp3) is 0.176. The Kier molecular flexibility index (Phi) is 5.36. The minimum atomic E-state index is -0.393. The molecule has 106 valence electrons. The lowest BCUT2D eigenvalue weighted by atomic mass is 10.1. The summed E-state index contributed by atoms with van der Waals surface area (Å²) in [4.78, 5) is 11.8. The van der Waals surface area contributed by atoms with E-state index in [0.29, 0.717) is 18.6 Å².